The van der Waals surface area contributed by atoms with Crippen molar-refractivity contribution in [3.8, 4) is 0 Å². The first kappa shape index (κ1) is 34.6. The lowest BCUT2D eigenvalue weighted by atomic mass is 10.0. The number of amides is 5. The van der Waals surface area contributed by atoms with E-state index in [4.69, 9.17) is 11.6 Å². The van der Waals surface area contributed by atoms with Gasteiger partial charge in [0.1, 0.15) is 12.0 Å². The maximum absolute atomic E-state index is 13.4. The summed E-state index contributed by atoms with van der Waals surface area (Å²) in [6.45, 7) is 14.8. The summed E-state index contributed by atoms with van der Waals surface area (Å²) in [6.07, 6.45) is 0.794. The van der Waals surface area contributed by atoms with Crippen LogP contribution in [0.5, 0.6) is 0 Å². The van der Waals surface area contributed by atoms with Crippen LogP contribution in [0.2, 0.25) is 0 Å². The Bertz CT molecular complexity index is 996. The highest BCUT2D eigenvalue weighted by atomic mass is 35.5. The fraction of sp³-hybridized carbons (Fsp3) is 0.815. The first-order valence-corrected chi connectivity index (χ1v) is 14.4. The van der Waals surface area contributed by atoms with Crippen molar-refractivity contribution in [3.63, 3.8) is 0 Å². The molecule has 0 aromatic heterocycles. The lowest BCUT2D eigenvalue weighted by molar-refractivity contribution is -0.147. The number of carbonyl (C=O) groups is 5. The Labute approximate surface area is 244 Å². The van der Waals surface area contributed by atoms with E-state index in [1.54, 1.807) is 6.92 Å². The minimum Gasteiger partial charge on any atom is -0.356 e. The van der Waals surface area contributed by atoms with Gasteiger partial charge >= 0.3 is 0 Å². The van der Waals surface area contributed by atoms with Crippen molar-refractivity contribution >= 4 is 41.6 Å². The molecule has 4 rings (SSSR count). The lowest BCUT2D eigenvalue weighted by Crippen LogP contribution is -2.56. The zero-order chi connectivity index (χ0) is 31.4. The number of nitrogens with one attached hydrogen (secondary N) is 3. The van der Waals surface area contributed by atoms with Gasteiger partial charge in [0.15, 0.2) is 0 Å². The molecule has 2 aliphatic heterocycles. The summed E-state index contributed by atoms with van der Waals surface area (Å²) in [6, 6.07) is -0.803. The molecule has 0 radical (unpaired) electrons. The predicted octanol–water partition coefficient (Wildman–Crippen LogP) is 2.46. The van der Waals surface area contributed by atoms with Gasteiger partial charge in [0, 0.05) is 25.6 Å². The smallest absolute Gasteiger partial charge is 0.291 e. The number of carbonyl (C=O) groups excluding carboxylic acids is 5. The van der Waals surface area contributed by atoms with E-state index in [1.807, 2.05) is 20.8 Å². The Morgan fingerprint density at radius 1 is 1.22 bits per heavy atom. The monoisotopic (exact) mass is 609 g/mol. The summed E-state index contributed by atoms with van der Waals surface area (Å²) in [4.78, 5) is 60.3. The van der Waals surface area contributed by atoms with Crippen molar-refractivity contribution in [1.82, 2.24) is 26.0 Å². The van der Waals surface area contributed by atoms with Gasteiger partial charge in [-0.3, -0.25) is 29.4 Å². The van der Waals surface area contributed by atoms with Crippen molar-refractivity contribution in [2.45, 2.75) is 84.9 Å². The van der Waals surface area contributed by atoms with Crippen molar-refractivity contribution < 1.29 is 37.1 Å². The van der Waals surface area contributed by atoms with E-state index in [9.17, 15) is 37.1 Å². The van der Waals surface area contributed by atoms with Crippen LogP contribution in [0.3, 0.4) is 0 Å². The van der Waals surface area contributed by atoms with Gasteiger partial charge in [0.2, 0.25) is 18.2 Å². The van der Waals surface area contributed by atoms with Gasteiger partial charge in [-0.1, -0.05) is 46.2 Å². The second-order valence-corrected chi connectivity index (χ2v) is 12.8. The number of hydrogen-bond donors (Lipinski definition) is 3. The number of hydrazine groups is 1. The van der Waals surface area contributed by atoms with Crippen LogP contribution >= 0.6 is 11.6 Å². The molecule has 234 valence electrons. The first-order chi connectivity index (χ1) is 18.9. The number of alkyl halides is 4. The van der Waals surface area contributed by atoms with Gasteiger partial charge in [-0.25, -0.2) is 18.2 Å². The van der Waals surface area contributed by atoms with Crippen LogP contribution in [0.15, 0.2) is 0 Å². The third-order valence-electron chi connectivity index (χ3n) is 7.64. The molecule has 0 aromatic rings. The summed E-state index contributed by atoms with van der Waals surface area (Å²) in [5.74, 6) is -5.82. The SMILES string of the molecule is CC(C)C.CC1CC(CN(NC(=O)[C@@H]2C3[C@H](CN2C=O)C3(C)C)C(=O)C(F)Cl)C(=O)N1.CCNC(=O)[C@@H]1CC1(F)F. The highest BCUT2D eigenvalue weighted by molar-refractivity contribution is 6.29. The third kappa shape index (κ3) is 8.71. The molecule has 7 atom stereocenters. The molecule has 14 heteroatoms. The van der Waals surface area contributed by atoms with Crippen LogP contribution in [-0.4, -0.2) is 83.2 Å². The van der Waals surface area contributed by atoms with Gasteiger partial charge in [-0.15, -0.1) is 0 Å². The van der Waals surface area contributed by atoms with E-state index in [0.717, 1.165) is 10.9 Å². The highest BCUT2D eigenvalue weighted by Gasteiger charge is 2.68. The Hall–Kier alpha value is -2.57. The summed E-state index contributed by atoms with van der Waals surface area (Å²) in [7, 11) is 0. The molecular weight excluding hydrogens is 567 g/mol. The number of halogens is 4. The van der Waals surface area contributed by atoms with Gasteiger partial charge in [-0.05, 0) is 43.4 Å². The van der Waals surface area contributed by atoms with Gasteiger partial charge < -0.3 is 15.5 Å². The second kappa shape index (κ2) is 13.6. The molecular formula is C27H43ClF3N5O5. The molecule has 3 N–H and O–H groups in total. The third-order valence-corrected chi connectivity index (χ3v) is 7.83. The molecule has 4 aliphatic rings. The summed E-state index contributed by atoms with van der Waals surface area (Å²) < 4.78 is 37.6. The van der Waals surface area contributed by atoms with Crippen molar-refractivity contribution in [1.29, 1.82) is 0 Å². The molecule has 2 saturated heterocycles. The second-order valence-electron chi connectivity index (χ2n) is 12.4. The predicted molar refractivity (Wildman–Crippen MR) is 146 cm³/mol. The minimum atomic E-state index is -2.72. The molecule has 2 saturated carbocycles. The van der Waals surface area contributed by atoms with Crippen molar-refractivity contribution in [2.24, 2.45) is 35.0 Å². The Morgan fingerprint density at radius 3 is 2.20 bits per heavy atom. The maximum atomic E-state index is 13.4. The van der Waals surface area contributed by atoms with E-state index in [-0.39, 0.29) is 42.2 Å². The van der Waals surface area contributed by atoms with Gasteiger partial charge in [0.25, 0.3) is 23.4 Å². The van der Waals surface area contributed by atoms with Crippen LogP contribution in [0.25, 0.3) is 0 Å². The Balaban J connectivity index is 0.000000347. The Kier molecular flexibility index (Phi) is 11.5. The van der Waals surface area contributed by atoms with Gasteiger partial charge in [0.05, 0.1) is 12.5 Å². The molecule has 2 heterocycles. The maximum Gasteiger partial charge on any atom is 0.291 e. The van der Waals surface area contributed by atoms with Crippen LogP contribution < -0.4 is 16.1 Å². The number of fused-ring (bicyclic) bond motifs is 1. The Morgan fingerprint density at radius 2 is 1.78 bits per heavy atom. The molecule has 2 aliphatic carbocycles. The largest absolute Gasteiger partial charge is 0.356 e. The molecule has 10 nitrogen and oxygen atoms in total. The number of rotatable bonds is 7. The van der Waals surface area contributed by atoms with Crippen molar-refractivity contribution in [2.75, 3.05) is 19.6 Å². The van der Waals surface area contributed by atoms with Gasteiger partial charge in [-0.2, -0.15) is 0 Å². The zero-order valence-electron chi connectivity index (χ0n) is 24.7. The number of likely N-dealkylation sites (tertiary alicyclic amines) is 1. The summed E-state index contributed by atoms with van der Waals surface area (Å²) in [5, 5.41) is 5.83. The molecule has 0 spiro atoms. The standard InChI is InChI=1S/C17H24ClFN4O4.C6H9F2NO.C4H10/c1-8-4-9(14(25)20-8)5-23(16(27)13(18)19)21-15(26)12-11-10(17(11,2)3)6-22(12)7-24;1-2-9-5(10)4-3-6(4,7)8;1-4(2)3/h7-13H,4-6H2,1-3H3,(H,20,25)(H,21,26);4H,2-3H2,1H3,(H,9,10);4H,1-3H3/t8?,9?,10-,11?,12-,13?;4-;/m00./s1. The molecule has 5 amide bonds. The number of piperidine rings is 1. The minimum absolute atomic E-state index is 0.0216. The van der Waals surface area contributed by atoms with Crippen molar-refractivity contribution in [3.05, 3.63) is 0 Å². The number of nitrogens with zero attached hydrogens (tertiary/aromatic N) is 2. The van der Waals surface area contributed by atoms with E-state index in [1.165, 1.54) is 4.90 Å². The summed E-state index contributed by atoms with van der Waals surface area (Å²) in [5.41, 5.74) is -0.0202. The fourth-order valence-corrected chi connectivity index (χ4v) is 5.48. The van der Waals surface area contributed by atoms with E-state index in [0.29, 0.717) is 25.9 Å². The van der Waals surface area contributed by atoms with Crippen LogP contribution in [0.1, 0.15) is 61.3 Å². The average molecular weight is 610 g/mol. The summed E-state index contributed by atoms with van der Waals surface area (Å²) >= 11 is 5.28. The quantitative estimate of drug-likeness (QED) is 0.232. The van der Waals surface area contributed by atoms with E-state index in [2.05, 4.69) is 36.8 Å². The molecule has 4 unspecified atom stereocenters. The average Bonchev–Trinajstić information content (AvgIpc) is 3.45. The zero-order valence-corrected chi connectivity index (χ0v) is 25.4. The fourth-order valence-electron chi connectivity index (χ4n) is 5.37. The first-order valence-electron chi connectivity index (χ1n) is 14.0. The lowest BCUT2D eigenvalue weighted by Gasteiger charge is -2.31. The number of hydrogen-bond acceptors (Lipinski definition) is 5. The van der Waals surface area contributed by atoms with E-state index >= 15 is 0 Å². The normalized spacial score (nSPS) is 30.3. The topological polar surface area (TPSA) is 128 Å². The van der Waals surface area contributed by atoms with Crippen LogP contribution in [-0.2, 0) is 24.0 Å². The molecule has 4 fully saturated rings. The highest BCUT2D eigenvalue weighted by Crippen LogP contribution is 2.64. The van der Waals surface area contributed by atoms with Crippen LogP contribution in [0, 0.1) is 35.0 Å². The molecule has 41 heavy (non-hydrogen) atoms. The molecule has 0 aromatic carbocycles. The molecule has 0 bridgehead atoms. The van der Waals surface area contributed by atoms with Crippen LogP contribution in [0.4, 0.5) is 13.2 Å². The van der Waals surface area contributed by atoms with E-state index < -0.39 is 47.2 Å².